The lowest BCUT2D eigenvalue weighted by Gasteiger charge is -2.37. The summed E-state index contributed by atoms with van der Waals surface area (Å²) in [6.45, 7) is 2.43. The van der Waals surface area contributed by atoms with Crippen LogP contribution in [0.1, 0.15) is 24.5 Å². The predicted octanol–water partition coefficient (Wildman–Crippen LogP) is 12.2. The van der Waals surface area contributed by atoms with Gasteiger partial charge in [0.25, 0.3) is 0 Å². The number of para-hydroxylation sites is 2. The summed E-state index contributed by atoms with van der Waals surface area (Å²) < 4.78 is 2.56. The first-order chi connectivity index (χ1) is 25.6. The summed E-state index contributed by atoms with van der Waals surface area (Å²) in [4.78, 5) is 2.69. The first-order valence-corrected chi connectivity index (χ1v) is 19.4. The number of allylic oxidation sites excluding steroid dienone is 8. The molecule has 5 atom stereocenters. The molecule has 5 aromatic carbocycles. The molecule has 1 saturated heterocycles. The van der Waals surface area contributed by atoms with Gasteiger partial charge in [-0.15, -0.1) is 11.8 Å². The van der Waals surface area contributed by atoms with Gasteiger partial charge in [-0.2, -0.15) is 0 Å². The third-order valence-corrected chi connectivity index (χ3v) is 13.8. The zero-order chi connectivity index (χ0) is 34.4. The van der Waals surface area contributed by atoms with Gasteiger partial charge in [0, 0.05) is 50.0 Å². The van der Waals surface area contributed by atoms with E-state index in [4.69, 9.17) is 0 Å². The molecule has 11 rings (SSSR count). The number of anilines is 1. The van der Waals surface area contributed by atoms with Crippen molar-refractivity contribution >= 4 is 50.4 Å². The van der Waals surface area contributed by atoms with Crippen molar-refractivity contribution < 1.29 is 0 Å². The van der Waals surface area contributed by atoms with E-state index in [0.29, 0.717) is 23.1 Å². The third-order valence-electron chi connectivity index (χ3n) is 12.1. The van der Waals surface area contributed by atoms with Crippen molar-refractivity contribution in [2.75, 3.05) is 4.90 Å². The van der Waals surface area contributed by atoms with E-state index < -0.39 is 0 Å². The minimum Gasteiger partial charge on any atom is -0.336 e. The molecule has 5 aliphatic rings. The normalized spacial score (nSPS) is 25.4. The van der Waals surface area contributed by atoms with Crippen LogP contribution < -0.4 is 4.90 Å². The zero-order valence-electron chi connectivity index (χ0n) is 29.1. The fraction of sp³-hybridized carbons (Fsp3) is 0.143. The Bertz CT molecular complexity index is 2630. The van der Waals surface area contributed by atoms with E-state index in [1.165, 1.54) is 72.3 Å². The topological polar surface area (TPSA) is 8.17 Å². The van der Waals surface area contributed by atoms with Crippen LogP contribution in [0.15, 0.2) is 182 Å². The lowest BCUT2D eigenvalue weighted by Crippen LogP contribution is -2.38. The summed E-state index contributed by atoms with van der Waals surface area (Å²) in [5.74, 6) is 1.02. The van der Waals surface area contributed by atoms with Gasteiger partial charge in [0.05, 0.1) is 22.3 Å². The van der Waals surface area contributed by atoms with Crippen LogP contribution in [-0.2, 0) is 0 Å². The molecule has 3 aliphatic carbocycles. The van der Waals surface area contributed by atoms with E-state index in [2.05, 4.69) is 204 Å². The fourth-order valence-electron chi connectivity index (χ4n) is 9.67. The van der Waals surface area contributed by atoms with Crippen molar-refractivity contribution in [3.05, 3.63) is 193 Å². The summed E-state index contributed by atoms with van der Waals surface area (Å²) in [7, 11) is 0. The SMILES string of the molecule is C[C@]12C=CC=CC1C1C=CC=C(N3c4ccccc4C4=CC(c5ccc6c(c5)c5ccccc5n6-c5cccc(-c6ccccc6)c5)=CCC43)C1S2. The van der Waals surface area contributed by atoms with E-state index in [1.807, 2.05) is 0 Å². The molecule has 250 valence electrons. The van der Waals surface area contributed by atoms with Crippen molar-refractivity contribution in [2.45, 2.75) is 29.4 Å². The highest BCUT2D eigenvalue weighted by Crippen LogP contribution is 2.59. The highest BCUT2D eigenvalue weighted by molar-refractivity contribution is 8.02. The summed E-state index contributed by atoms with van der Waals surface area (Å²) in [5, 5.41) is 3.00. The summed E-state index contributed by atoms with van der Waals surface area (Å²) >= 11 is 2.15. The van der Waals surface area contributed by atoms with E-state index in [0.717, 1.165) is 6.42 Å². The second-order valence-electron chi connectivity index (χ2n) is 14.9. The van der Waals surface area contributed by atoms with Crippen LogP contribution in [0.2, 0.25) is 0 Å². The van der Waals surface area contributed by atoms with Gasteiger partial charge in [0.15, 0.2) is 0 Å². The largest absolute Gasteiger partial charge is 0.336 e. The lowest BCUT2D eigenvalue weighted by molar-refractivity contribution is 0.451. The quantitative estimate of drug-likeness (QED) is 0.182. The number of aromatic nitrogens is 1. The van der Waals surface area contributed by atoms with Crippen LogP contribution in [0, 0.1) is 11.8 Å². The zero-order valence-corrected chi connectivity index (χ0v) is 29.9. The Morgan fingerprint density at radius 3 is 2.46 bits per heavy atom. The molecule has 0 N–H and O–H groups in total. The molecular weight excluding hydrogens is 649 g/mol. The number of rotatable bonds is 4. The Morgan fingerprint density at radius 1 is 0.692 bits per heavy atom. The maximum absolute atomic E-state index is 2.69. The molecule has 1 aromatic heterocycles. The molecule has 0 saturated carbocycles. The first-order valence-electron chi connectivity index (χ1n) is 18.6. The fourth-order valence-corrected chi connectivity index (χ4v) is 11.5. The average Bonchev–Trinajstić information content (AvgIpc) is 3.82. The summed E-state index contributed by atoms with van der Waals surface area (Å²) in [6, 6.07) is 44.9. The Labute approximate surface area is 309 Å². The molecule has 2 nitrogen and oxygen atoms in total. The van der Waals surface area contributed by atoms with Gasteiger partial charge >= 0.3 is 0 Å². The number of hydrogen-bond acceptors (Lipinski definition) is 2. The van der Waals surface area contributed by atoms with Crippen molar-refractivity contribution in [3.63, 3.8) is 0 Å². The molecule has 0 bridgehead atoms. The van der Waals surface area contributed by atoms with E-state index in [9.17, 15) is 0 Å². The molecule has 1 fully saturated rings. The smallest absolute Gasteiger partial charge is 0.0630 e. The Hall–Kier alpha value is -5.51. The minimum absolute atomic E-state index is 0.127. The number of thioether (sulfide) groups is 1. The Kier molecular flexibility index (Phi) is 6.67. The monoisotopic (exact) mass is 686 g/mol. The summed E-state index contributed by atoms with van der Waals surface area (Å²) in [5.41, 5.74) is 14.3. The van der Waals surface area contributed by atoms with Gasteiger partial charge in [-0.1, -0.05) is 127 Å². The highest BCUT2D eigenvalue weighted by Gasteiger charge is 2.52. The van der Waals surface area contributed by atoms with Crippen LogP contribution in [0.5, 0.6) is 0 Å². The molecule has 4 unspecified atom stereocenters. The van der Waals surface area contributed by atoms with Crippen molar-refractivity contribution in [3.8, 4) is 16.8 Å². The number of nitrogens with zero attached hydrogens (tertiary/aromatic N) is 2. The number of benzene rings is 5. The molecule has 0 amide bonds. The van der Waals surface area contributed by atoms with Gasteiger partial charge in [0.2, 0.25) is 0 Å². The lowest BCUT2D eigenvalue weighted by atomic mass is 9.76. The van der Waals surface area contributed by atoms with Gasteiger partial charge in [-0.05, 0) is 89.7 Å². The highest BCUT2D eigenvalue weighted by atomic mass is 32.2. The van der Waals surface area contributed by atoms with Crippen LogP contribution in [0.3, 0.4) is 0 Å². The summed E-state index contributed by atoms with van der Waals surface area (Å²) in [6.07, 6.45) is 22.5. The molecular formula is C49H38N2S. The number of fused-ring (bicyclic) bond motifs is 9. The van der Waals surface area contributed by atoms with E-state index in [-0.39, 0.29) is 4.75 Å². The molecule has 3 heteroatoms. The standard InChI is InChI=1S/C49H38N2S/c1-49-28-10-9-20-42(49)39-19-12-23-47(48(39)52-49)51-44-22-8-6-18-38(44)41-31-35(25-27-46(41)51)34-24-26-45-40(30-34)37-17-5-7-21-43(37)50(45)36-16-11-15-33(29-36)32-13-3-2-4-14-32/h2-26,28-31,39,42,46,48H,27H2,1H3/t39?,42?,46?,48?,49-/m0/s1. The second-order valence-corrected chi connectivity index (χ2v) is 16.6. The average molecular weight is 687 g/mol. The molecule has 0 spiro atoms. The predicted molar refractivity (Wildman–Crippen MR) is 222 cm³/mol. The maximum atomic E-state index is 2.69. The Morgan fingerprint density at radius 2 is 1.52 bits per heavy atom. The Balaban J connectivity index is 0.980. The van der Waals surface area contributed by atoms with Crippen molar-refractivity contribution in [1.82, 2.24) is 4.57 Å². The number of hydrogen-bond donors (Lipinski definition) is 0. The van der Waals surface area contributed by atoms with Gasteiger partial charge in [-0.25, -0.2) is 0 Å². The second kappa shape index (κ2) is 11.5. The minimum atomic E-state index is 0.127. The molecule has 52 heavy (non-hydrogen) atoms. The van der Waals surface area contributed by atoms with Crippen LogP contribution in [0.25, 0.3) is 49.8 Å². The molecule has 2 aliphatic heterocycles. The van der Waals surface area contributed by atoms with Gasteiger partial charge in [-0.3, -0.25) is 0 Å². The molecule has 3 heterocycles. The maximum Gasteiger partial charge on any atom is 0.0630 e. The van der Waals surface area contributed by atoms with E-state index in [1.54, 1.807) is 0 Å². The van der Waals surface area contributed by atoms with E-state index >= 15 is 0 Å². The molecule has 0 radical (unpaired) electrons. The van der Waals surface area contributed by atoms with Crippen LogP contribution >= 0.6 is 11.8 Å². The van der Waals surface area contributed by atoms with Crippen molar-refractivity contribution in [1.29, 1.82) is 0 Å². The first kappa shape index (κ1) is 30.1. The third kappa shape index (κ3) is 4.45. The van der Waals surface area contributed by atoms with Gasteiger partial charge < -0.3 is 9.47 Å². The van der Waals surface area contributed by atoms with Crippen LogP contribution in [0.4, 0.5) is 5.69 Å². The van der Waals surface area contributed by atoms with Crippen LogP contribution in [-0.4, -0.2) is 20.6 Å². The molecule has 6 aromatic rings. The van der Waals surface area contributed by atoms with Gasteiger partial charge in [0.1, 0.15) is 0 Å². The van der Waals surface area contributed by atoms with Crippen molar-refractivity contribution in [2.24, 2.45) is 11.8 Å².